The molecule has 0 N–H and O–H groups in total. The summed E-state index contributed by atoms with van der Waals surface area (Å²) in [6, 6.07) is 57.5. The lowest BCUT2D eigenvalue weighted by Gasteiger charge is -2.12. The number of hydrogen-bond donors (Lipinski definition) is 0. The molecule has 47 heavy (non-hydrogen) atoms. The lowest BCUT2D eigenvalue weighted by Crippen LogP contribution is -2.01. The van der Waals surface area contributed by atoms with Crippen molar-refractivity contribution >= 4 is 42.3 Å². The summed E-state index contributed by atoms with van der Waals surface area (Å²) in [5.74, 6) is 1.95. The molecule has 0 spiro atoms. The van der Waals surface area contributed by atoms with Crippen molar-refractivity contribution in [2.24, 2.45) is 0 Å². The highest BCUT2D eigenvalue weighted by molar-refractivity contribution is 7.25. The van der Waals surface area contributed by atoms with E-state index in [0.29, 0.717) is 17.5 Å². The van der Waals surface area contributed by atoms with Gasteiger partial charge in [0, 0.05) is 36.9 Å². The second-order valence-corrected chi connectivity index (χ2v) is 12.8. The van der Waals surface area contributed by atoms with Gasteiger partial charge in [0.2, 0.25) is 0 Å². The summed E-state index contributed by atoms with van der Waals surface area (Å²) >= 11 is 1.83. The van der Waals surface area contributed by atoms with Crippen LogP contribution in [0, 0.1) is 0 Å². The van der Waals surface area contributed by atoms with Gasteiger partial charge in [0.15, 0.2) is 17.5 Å². The smallest absolute Gasteiger partial charge is 0.164 e. The van der Waals surface area contributed by atoms with E-state index in [1.165, 1.54) is 36.5 Å². The molecular weight excluding hydrogens is 591 g/mol. The van der Waals surface area contributed by atoms with Gasteiger partial charge in [-0.05, 0) is 51.2 Å². The van der Waals surface area contributed by atoms with E-state index in [1.807, 2.05) is 41.7 Å². The van der Waals surface area contributed by atoms with E-state index in [4.69, 9.17) is 15.0 Å². The molecule has 0 aliphatic heterocycles. The standard InChI is InChI=1S/C43H27N3S/c1-2-11-30(12-3-1)41-44-42(31-21-18-29(19-22-31)33-23-20-28-10-4-5-13-32(28)26-33)46-43(45-41)38-16-7-6-14-35(38)34-24-25-37-36-15-8-9-17-39(36)47-40(37)27-34/h1-27H. The fourth-order valence-corrected chi connectivity index (χ4v) is 7.49. The third kappa shape index (κ3) is 5.05. The quantitative estimate of drug-likeness (QED) is 0.193. The molecule has 3 nitrogen and oxygen atoms in total. The van der Waals surface area contributed by atoms with Gasteiger partial charge in [-0.15, -0.1) is 11.3 Å². The van der Waals surface area contributed by atoms with Gasteiger partial charge >= 0.3 is 0 Å². The normalized spacial score (nSPS) is 11.4. The zero-order valence-electron chi connectivity index (χ0n) is 25.3. The van der Waals surface area contributed by atoms with Crippen molar-refractivity contribution in [3.05, 3.63) is 164 Å². The van der Waals surface area contributed by atoms with Crippen LogP contribution in [-0.2, 0) is 0 Å². The van der Waals surface area contributed by atoms with Crippen molar-refractivity contribution in [3.63, 3.8) is 0 Å². The third-order valence-electron chi connectivity index (χ3n) is 8.75. The van der Waals surface area contributed by atoms with Crippen LogP contribution in [0.1, 0.15) is 0 Å². The molecule has 7 aromatic carbocycles. The van der Waals surface area contributed by atoms with Gasteiger partial charge in [0.25, 0.3) is 0 Å². The molecule has 0 radical (unpaired) electrons. The van der Waals surface area contributed by atoms with E-state index in [0.717, 1.165) is 33.4 Å². The highest BCUT2D eigenvalue weighted by atomic mass is 32.1. The fraction of sp³-hybridized carbons (Fsp3) is 0. The van der Waals surface area contributed by atoms with Gasteiger partial charge in [-0.1, -0.05) is 146 Å². The summed E-state index contributed by atoms with van der Waals surface area (Å²) < 4.78 is 2.57. The molecule has 9 rings (SSSR count). The van der Waals surface area contributed by atoms with Crippen LogP contribution in [0.2, 0.25) is 0 Å². The minimum atomic E-state index is 0.647. The highest BCUT2D eigenvalue weighted by Crippen LogP contribution is 2.39. The maximum absolute atomic E-state index is 5.11. The summed E-state index contributed by atoms with van der Waals surface area (Å²) in [5.41, 5.74) is 7.44. The van der Waals surface area contributed by atoms with Gasteiger partial charge in [-0.25, -0.2) is 15.0 Å². The predicted molar refractivity (Wildman–Crippen MR) is 197 cm³/mol. The summed E-state index contributed by atoms with van der Waals surface area (Å²) in [5, 5.41) is 5.05. The molecule has 0 aliphatic carbocycles. The molecule has 0 saturated heterocycles. The average molecular weight is 618 g/mol. The molecule has 220 valence electrons. The topological polar surface area (TPSA) is 38.7 Å². The molecule has 2 heterocycles. The Morgan fingerprint density at radius 1 is 0.319 bits per heavy atom. The molecular formula is C43H27N3S. The van der Waals surface area contributed by atoms with Crippen LogP contribution in [0.4, 0.5) is 0 Å². The van der Waals surface area contributed by atoms with Gasteiger partial charge in [0.05, 0.1) is 0 Å². The first-order valence-electron chi connectivity index (χ1n) is 15.7. The number of rotatable bonds is 5. The van der Waals surface area contributed by atoms with Crippen molar-refractivity contribution in [2.45, 2.75) is 0 Å². The first-order valence-corrected chi connectivity index (χ1v) is 16.5. The Morgan fingerprint density at radius 2 is 0.894 bits per heavy atom. The highest BCUT2D eigenvalue weighted by Gasteiger charge is 2.16. The van der Waals surface area contributed by atoms with Gasteiger partial charge in [0.1, 0.15) is 0 Å². The average Bonchev–Trinajstić information content (AvgIpc) is 3.53. The van der Waals surface area contributed by atoms with Crippen molar-refractivity contribution < 1.29 is 0 Å². The van der Waals surface area contributed by atoms with Crippen LogP contribution in [0.25, 0.3) is 87.4 Å². The Labute approximate surface area is 276 Å². The Kier molecular flexibility index (Phi) is 6.65. The molecule has 4 heteroatoms. The number of nitrogens with zero attached hydrogens (tertiary/aromatic N) is 3. The SMILES string of the molecule is c1ccc(-c2nc(-c3ccc(-c4ccc5ccccc5c4)cc3)nc(-c3ccccc3-c3ccc4c(c3)sc3ccccc34)n2)cc1. The van der Waals surface area contributed by atoms with Crippen molar-refractivity contribution in [2.75, 3.05) is 0 Å². The summed E-state index contributed by atoms with van der Waals surface area (Å²) in [7, 11) is 0. The predicted octanol–water partition coefficient (Wildman–Crippen LogP) is 11.7. The molecule has 0 unspecified atom stereocenters. The van der Waals surface area contributed by atoms with Crippen LogP contribution in [0.15, 0.2) is 164 Å². The minimum absolute atomic E-state index is 0.647. The zero-order chi connectivity index (χ0) is 31.2. The fourth-order valence-electron chi connectivity index (χ4n) is 6.35. The van der Waals surface area contributed by atoms with Gasteiger partial charge in [-0.3, -0.25) is 0 Å². The van der Waals surface area contributed by atoms with E-state index in [9.17, 15) is 0 Å². The second kappa shape index (κ2) is 11.4. The first-order chi connectivity index (χ1) is 23.3. The second-order valence-electron chi connectivity index (χ2n) is 11.7. The Bertz CT molecular complexity index is 2570. The Hall–Kier alpha value is -5.97. The lowest BCUT2D eigenvalue weighted by molar-refractivity contribution is 1.07. The van der Waals surface area contributed by atoms with E-state index < -0.39 is 0 Å². The minimum Gasteiger partial charge on any atom is -0.208 e. The van der Waals surface area contributed by atoms with Crippen LogP contribution >= 0.6 is 11.3 Å². The number of benzene rings is 7. The lowest BCUT2D eigenvalue weighted by atomic mass is 9.98. The molecule has 0 bridgehead atoms. The van der Waals surface area contributed by atoms with E-state index in [-0.39, 0.29) is 0 Å². The van der Waals surface area contributed by atoms with Crippen molar-refractivity contribution in [1.82, 2.24) is 15.0 Å². The molecule has 0 fully saturated rings. The van der Waals surface area contributed by atoms with E-state index >= 15 is 0 Å². The van der Waals surface area contributed by atoms with Crippen LogP contribution in [-0.4, -0.2) is 15.0 Å². The first kappa shape index (κ1) is 27.3. The Balaban J connectivity index is 1.16. The van der Waals surface area contributed by atoms with Crippen LogP contribution in [0.3, 0.4) is 0 Å². The van der Waals surface area contributed by atoms with E-state index in [2.05, 4.69) is 133 Å². The molecule has 0 atom stereocenters. The van der Waals surface area contributed by atoms with E-state index in [1.54, 1.807) is 0 Å². The maximum atomic E-state index is 5.11. The molecule has 0 saturated carbocycles. The molecule has 2 aromatic heterocycles. The maximum Gasteiger partial charge on any atom is 0.164 e. The summed E-state index contributed by atoms with van der Waals surface area (Å²) in [6.45, 7) is 0. The van der Waals surface area contributed by atoms with Crippen LogP contribution in [0.5, 0.6) is 0 Å². The van der Waals surface area contributed by atoms with Gasteiger partial charge < -0.3 is 0 Å². The largest absolute Gasteiger partial charge is 0.208 e. The van der Waals surface area contributed by atoms with Crippen molar-refractivity contribution in [3.8, 4) is 56.4 Å². The number of hydrogen-bond acceptors (Lipinski definition) is 4. The molecule has 0 amide bonds. The third-order valence-corrected chi connectivity index (χ3v) is 9.88. The van der Waals surface area contributed by atoms with Gasteiger partial charge in [-0.2, -0.15) is 0 Å². The zero-order valence-corrected chi connectivity index (χ0v) is 26.2. The van der Waals surface area contributed by atoms with Crippen LogP contribution < -0.4 is 0 Å². The number of aromatic nitrogens is 3. The summed E-state index contributed by atoms with van der Waals surface area (Å²) in [4.78, 5) is 15.2. The summed E-state index contributed by atoms with van der Waals surface area (Å²) in [6.07, 6.45) is 0. The number of fused-ring (bicyclic) bond motifs is 4. The monoisotopic (exact) mass is 617 g/mol. The molecule has 0 aliphatic rings. The van der Waals surface area contributed by atoms with Crippen molar-refractivity contribution in [1.29, 1.82) is 0 Å². The Morgan fingerprint density at radius 3 is 1.72 bits per heavy atom. The molecule has 9 aromatic rings. The number of thiophene rings is 1.